The SMILES string of the molecule is c1ccc(-c2ccc3cc4ccccc4cc3c2-c2cccc3ccccc23)cc1. The zero-order valence-electron chi connectivity index (χ0n) is 16.5. The van der Waals surface area contributed by atoms with Crippen LogP contribution in [0.4, 0.5) is 0 Å². The van der Waals surface area contributed by atoms with Crippen LogP contribution >= 0.6 is 0 Å². The Morgan fingerprint density at radius 2 is 1.00 bits per heavy atom. The minimum Gasteiger partial charge on any atom is -0.0622 e. The van der Waals surface area contributed by atoms with E-state index in [0.717, 1.165) is 0 Å². The van der Waals surface area contributed by atoms with E-state index in [0.29, 0.717) is 0 Å². The highest BCUT2D eigenvalue weighted by Crippen LogP contribution is 2.42. The van der Waals surface area contributed by atoms with Crippen LogP contribution in [-0.4, -0.2) is 0 Å². The first-order valence-electron chi connectivity index (χ1n) is 10.4. The topological polar surface area (TPSA) is 0 Å². The zero-order valence-corrected chi connectivity index (χ0v) is 16.5. The van der Waals surface area contributed by atoms with Crippen molar-refractivity contribution >= 4 is 32.3 Å². The van der Waals surface area contributed by atoms with Gasteiger partial charge in [0.2, 0.25) is 0 Å². The first-order chi connectivity index (χ1) is 14.9. The third-order valence-corrected chi connectivity index (χ3v) is 6.03. The molecule has 0 saturated carbocycles. The van der Waals surface area contributed by atoms with Gasteiger partial charge in [-0.1, -0.05) is 109 Å². The first-order valence-corrected chi connectivity index (χ1v) is 10.4. The smallest absolute Gasteiger partial charge is 0.00204 e. The van der Waals surface area contributed by atoms with E-state index in [2.05, 4.69) is 121 Å². The minimum absolute atomic E-state index is 1.25. The third kappa shape index (κ3) is 2.69. The van der Waals surface area contributed by atoms with Crippen molar-refractivity contribution in [2.75, 3.05) is 0 Å². The standard InChI is InChI=1S/C30H20/c1-2-9-22(10-3-1)27-18-17-25-19-23-12-4-5-13-24(23)20-29(25)30(27)28-16-8-14-21-11-6-7-15-26(21)28/h1-20H. The second kappa shape index (κ2) is 6.86. The largest absolute Gasteiger partial charge is 0.0622 e. The molecule has 0 atom stereocenters. The summed E-state index contributed by atoms with van der Waals surface area (Å²) in [5.41, 5.74) is 5.11. The van der Waals surface area contributed by atoms with Crippen LogP contribution < -0.4 is 0 Å². The highest BCUT2D eigenvalue weighted by Gasteiger charge is 2.14. The van der Waals surface area contributed by atoms with E-state index >= 15 is 0 Å². The van der Waals surface area contributed by atoms with Crippen molar-refractivity contribution in [3.8, 4) is 22.3 Å². The molecule has 0 aliphatic rings. The molecule has 6 rings (SSSR count). The van der Waals surface area contributed by atoms with Gasteiger partial charge in [0, 0.05) is 0 Å². The van der Waals surface area contributed by atoms with Crippen LogP contribution in [0.15, 0.2) is 121 Å². The van der Waals surface area contributed by atoms with Crippen LogP contribution in [0, 0.1) is 0 Å². The number of rotatable bonds is 2. The van der Waals surface area contributed by atoms with Crippen molar-refractivity contribution in [3.63, 3.8) is 0 Å². The average molecular weight is 380 g/mol. The Hall–Kier alpha value is -3.90. The molecule has 0 nitrogen and oxygen atoms in total. The van der Waals surface area contributed by atoms with Crippen molar-refractivity contribution < 1.29 is 0 Å². The fourth-order valence-corrected chi connectivity index (χ4v) is 4.61. The Kier molecular flexibility index (Phi) is 3.89. The van der Waals surface area contributed by atoms with Gasteiger partial charge >= 0.3 is 0 Å². The molecule has 0 saturated heterocycles. The zero-order chi connectivity index (χ0) is 19.9. The van der Waals surface area contributed by atoms with Crippen molar-refractivity contribution in [2.45, 2.75) is 0 Å². The van der Waals surface area contributed by atoms with Crippen LogP contribution in [0.1, 0.15) is 0 Å². The molecule has 0 N–H and O–H groups in total. The summed E-state index contributed by atoms with van der Waals surface area (Å²) in [5, 5.41) is 7.69. The number of benzene rings is 6. The van der Waals surface area contributed by atoms with Crippen LogP contribution in [0.25, 0.3) is 54.6 Å². The molecule has 0 bridgehead atoms. The summed E-state index contributed by atoms with van der Waals surface area (Å²) in [6, 6.07) is 43.9. The van der Waals surface area contributed by atoms with Gasteiger partial charge in [0.05, 0.1) is 0 Å². The molecule has 140 valence electrons. The van der Waals surface area contributed by atoms with Crippen molar-refractivity contribution in [2.24, 2.45) is 0 Å². The molecule has 0 radical (unpaired) electrons. The second-order valence-electron chi connectivity index (χ2n) is 7.80. The molecule has 0 aromatic heterocycles. The van der Waals surface area contributed by atoms with Gasteiger partial charge in [0.15, 0.2) is 0 Å². The van der Waals surface area contributed by atoms with E-state index in [1.54, 1.807) is 0 Å². The second-order valence-corrected chi connectivity index (χ2v) is 7.80. The lowest BCUT2D eigenvalue weighted by atomic mass is 9.87. The first kappa shape index (κ1) is 17.0. The average Bonchev–Trinajstić information content (AvgIpc) is 2.82. The predicted molar refractivity (Wildman–Crippen MR) is 130 cm³/mol. The molecule has 0 unspecified atom stereocenters. The van der Waals surface area contributed by atoms with E-state index in [4.69, 9.17) is 0 Å². The molecule has 0 heterocycles. The van der Waals surface area contributed by atoms with Crippen molar-refractivity contribution in [1.82, 2.24) is 0 Å². The van der Waals surface area contributed by atoms with Crippen molar-refractivity contribution in [3.05, 3.63) is 121 Å². The van der Waals surface area contributed by atoms with E-state index < -0.39 is 0 Å². The van der Waals surface area contributed by atoms with Crippen LogP contribution in [-0.2, 0) is 0 Å². The van der Waals surface area contributed by atoms with Gasteiger partial charge in [-0.05, 0) is 66.7 Å². The molecular weight excluding hydrogens is 360 g/mol. The Bertz CT molecular complexity index is 1520. The maximum absolute atomic E-state index is 2.36. The minimum atomic E-state index is 1.25. The number of fused-ring (bicyclic) bond motifs is 3. The predicted octanol–water partition coefficient (Wildman–Crippen LogP) is 8.48. The molecule has 6 aromatic carbocycles. The molecule has 0 fully saturated rings. The fourth-order valence-electron chi connectivity index (χ4n) is 4.61. The molecule has 6 aromatic rings. The van der Waals surface area contributed by atoms with E-state index in [1.165, 1.54) is 54.6 Å². The summed E-state index contributed by atoms with van der Waals surface area (Å²) < 4.78 is 0. The summed E-state index contributed by atoms with van der Waals surface area (Å²) in [6.45, 7) is 0. The lowest BCUT2D eigenvalue weighted by molar-refractivity contribution is 1.63. The molecule has 0 spiro atoms. The number of hydrogen-bond acceptors (Lipinski definition) is 0. The summed E-state index contributed by atoms with van der Waals surface area (Å²) in [4.78, 5) is 0. The van der Waals surface area contributed by atoms with Crippen molar-refractivity contribution in [1.29, 1.82) is 0 Å². The van der Waals surface area contributed by atoms with Gasteiger partial charge in [0.1, 0.15) is 0 Å². The normalized spacial score (nSPS) is 11.3. The van der Waals surface area contributed by atoms with Crippen LogP contribution in [0.3, 0.4) is 0 Å². The number of hydrogen-bond donors (Lipinski definition) is 0. The Balaban J connectivity index is 1.80. The molecule has 0 aliphatic heterocycles. The van der Waals surface area contributed by atoms with Gasteiger partial charge in [-0.25, -0.2) is 0 Å². The summed E-state index contributed by atoms with van der Waals surface area (Å²) in [6.07, 6.45) is 0. The fraction of sp³-hybridized carbons (Fsp3) is 0. The van der Waals surface area contributed by atoms with E-state index in [9.17, 15) is 0 Å². The maximum atomic E-state index is 2.36. The van der Waals surface area contributed by atoms with E-state index in [-0.39, 0.29) is 0 Å². The van der Waals surface area contributed by atoms with Gasteiger partial charge < -0.3 is 0 Å². The molecule has 0 amide bonds. The highest BCUT2D eigenvalue weighted by atomic mass is 14.2. The van der Waals surface area contributed by atoms with Gasteiger partial charge in [-0.15, -0.1) is 0 Å². The summed E-state index contributed by atoms with van der Waals surface area (Å²) in [7, 11) is 0. The third-order valence-electron chi connectivity index (χ3n) is 6.03. The lowest BCUT2D eigenvalue weighted by Crippen LogP contribution is -1.90. The highest BCUT2D eigenvalue weighted by molar-refractivity contribution is 6.13. The van der Waals surface area contributed by atoms with Gasteiger partial charge in [0.25, 0.3) is 0 Å². The van der Waals surface area contributed by atoms with Crippen LogP contribution in [0.2, 0.25) is 0 Å². The molecule has 0 heteroatoms. The molecule has 30 heavy (non-hydrogen) atoms. The van der Waals surface area contributed by atoms with Crippen LogP contribution in [0.5, 0.6) is 0 Å². The van der Waals surface area contributed by atoms with Gasteiger partial charge in [-0.3, -0.25) is 0 Å². The lowest BCUT2D eigenvalue weighted by Gasteiger charge is -2.17. The quantitative estimate of drug-likeness (QED) is 0.264. The summed E-state index contributed by atoms with van der Waals surface area (Å²) in [5.74, 6) is 0. The monoisotopic (exact) mass is 380 g/mol. The summed E-state index contributed by atoms with van der Waals surface area (Å²) >= 11 is 0. The maximum Gasteiger partial charge on any atom is -0.00204 e. The van der Waals surface area contributed by atoms with Gasteiger partial charge in [-0.2, -0.15) is 0 Å². The Morgan fingerprint density at radius 1 is 0.333 bits per heavy atom. The molecule has 0 aliphatic carbocycles. The Morgan fingerprint density at radius 3 is 1.83 bits per heavy atom. The molecular formula is C30H20. The van der Waals surface area contributed by atoms with E-state index in [1.807, 2.05) is 0 Å². The Labute approximate surface area is 176 Å².